The van der Waals surface area contributed by atoms with Gasteiger partial charge in [-0.3, -0.25) is 9.59 Å². The van der Waals surface area contributed by atoms with E-state index in [-0.39, 0.29) is 17.7 Å². The van der Waals surface area contributed by atoms with Crippen LogP contribution in [0.5, 0.6) is 0 Å². The Labute approximate surface area is 123 Å². The molecule has 1 aromatic rings. The third-order valence-corrected chi connectivity index (χ3v) is 4.24. The Morgan fingerprint density at radius 1 is 1.60 bits per heavy atom. The maximum absolute atomic E-state index is 12.4. The number of methoxy groups -OCH3 is 1. The van der Waals surface area contributed by atoms with Crippen molar-refractivity contribution in [2.45, 2.75) is 13.0 Å². The molecule has 0 aromatic carbocycles. The van der Waals surface area contributed by atoms with E-state index in [9.17, 15) is 9.59 Å². The third-order valence-electron chi connectivity index (χ3n) is 3.51. The van der Waals surface area contributed by atoms with Gasteiger partial charge < -0.3 is 14.5 Å². The molecule has 0 spiro atoms. The highest BCUT2D eigenvalue weighted by molar-refractivity contribution is 7.07. The summed E-state index contributed by atoms with van der Waals surface area (Å²) in [6, 6.07) is 2.01. The van der Waals surface area contributed by atoms with Crippen molar-refractivity contribution in [2.75, 3.05) is 33.9 Å². The molecule has 1 saturated heterocycles. The van der Waals surface area contributed by atoms with Gasteiger partial charge in [-0.1, -0.05) is 0 Å². The molecule has 110 valence electrons. The molecule has 1 atom stereocenters. The van der Waals surface area contributed by atoms with Gasteiger partial charge in [0.1, 0.15) is 0 Å². The molecule has 1 aliphatic heterocycles. The first kappa shape index (κ1) is 15.0. The number of carbonyl (C=O) groups is 2. The maximum Gasteiger partial charge on any atom is 0.228 e. The van der Waals surface area contributed by atoms with Crippen LogP contribution in [0.1, 0.15) is 12.0 Å². The van der Waals surface area contributed by atoms with E-state index in [1.807, 2.05) is 16.8 Å². The summed E-state index contributed by atoms with van der Waals surface area (Å²) in [4.78, 5) is 27.6. The van der Waals surface area contributed by atoms with Crippen molar-refractivity contribution in [2.24, 2.45) is 5.92 Å². The summed E-state index contributed by atoms with van der Waals surface area (Å²) < 4.78 is 4.98. The van der Waals surface area contributed by atoms with Crippen LogP contribution < -0.4 is 0 Å². The Hall–Kier alpha value is -1.40. The van der Waals surface area contributed by atoms with Crippen LogP contribution in [0.3, 0.4) is 0 Å². The second-order valence-electron chi connectivity index (χ2n) is 5.06. The van der Waals surface area contributed by atoms with Crippen LogP contribution in [0.2, 0.25) is 0 Å². The van der Waals surface area contributed by atoms with Crippen molar-refractivity contribution in [3.63, 3.8) is 0 Å². The molecule has 2 heterocycles. The SMILES string of the molecule is COCCN1C[C@@H](C(=O)N(C)Cc2ccsc2)CC1=O. The first-order valence-electron chi connectivity index (χ1n) is 6.64. The molecule has 0 saturated carbocycles. The fourth-order valence-corrected chi connectivity index (χ4v) is 3.06. The normalized spacial score (nSPS) is 18.6. The summed E-state index contributed by atoms with van der Waals surface area (Å²) in [5.74, 6) is -0.128. The van der Waals surface area contributed by atoms with Crippen molar-refractivity contribution in [3.8, 4) is 0 Å². The monoisotopic (exact) mass is 296 g/mol. The van der Waals surface area contributed by atoms with E-state index in [0.29, 0.717) is 32.7 Å². The number of hydrogen-bond acceptors (Lipinski definition) is 4. The molecule has 0 aliphatic carbocycles. The predicted octanol–water partition coefficient (Wildman–Crippen LogP) is 1.20. The minimum Gasteiger partial charge on any atom is -0.383 e. The standard InChI is InChI=1S/C14H20N2O3S/c1-15(8-11-3-6-20-10-11)14(18)12-7-13(17)16(9-12)4-5-19-2/h3,6,10,12H,4-5,7-9H2,1-2H3/t12-/m0/s1. The van der Waals surface area contributed by atoms with E-state index in [1.165, 1.54) is 0 Å². The number of carbonyl (C=O) groups excluding carboxylic acids is 2. The fraction of sp³-hybridized carbons (Fsp3) is 0.571. The zero-order valence-corrected chi connectivity index (χ0v) is 12.7. The number of amides is 2. The number of nitrogens with zero attached hydrogens (tertiary/aromatic N) is 2. The number of likely N-dealkylation sites (tertiary alicyclic amines) is 1. The van der Waals surface area contributed by atoms with Crippen LogP contribution in [0.4, 0.5) is 0 Å². The number of ether oxygens (including phenoxy) is 1. The van der Waals surface area contributed by atoms with Crippen LogP contribution in [-0.2, 0) is 20.9 Å². The van der Waals surface area contributed by atoms with Gasteiger partial charge in [-0.25, -0.2) is 0 Å². The van der Waals surface area contributed by atoms with Gasteiger partial charge in [0.05, 0.1) is 12.5 Å². The molecular weight excluding hydrogens is 276 g/mol. The largest absolute Gasteiger partial charge is 0.383 e. The summed E-state index contributed by atoms with van der Waals surface area (Å²) in [5.41, 5.74) is 1.13. The number of hydrogen-bond donors (Lipinski definition) is 0. The summed E-state index contributed by atoms with van der Waals surface area (Å²) in [5, 5.41) is 4.04. The van der Waals surface area contributed by atoms with E-state index in [4.69, 9.17) is 4.74 Å². The average molecular weight is 296 g/mol. The van der Waals surface area contributed by atoms with E-state index in [0.717, 1.165) is 5.56 Å². The highest BCUT2D eigenvalue weighted by Gasteiger charge is 2.35. The molecule has 0 radical (unpaired) electrons. The second-order valence-corrected chi connectivity index (χ2v) is 5.84. The Balaban J connectivity index is 1.88. The van der Waals surface area contributed by atoms with Gasteiger partial charge in [-0.2, -0.15) is 11.3 Å². The van der Waals surface area contributed by atoms with Crippen molar-refractivity contribution >= 4 is 23.2 Å². The van der Waals surface area contributed by atoms with E-state index in [2.05, 4.69) is 0 Å². The minimum absolute atomic E-state index is 0.0457. The molecule has 0 bridgehead atoms. The van der Waals surface area contributed by atoms with E-state index < -0.39 is 0 Å². The van der Waals surface area contributed by atoms with Gasteiger partial charge in [0, 0.05) is 40.2 Å². The lowest BCUT2D eigenvalue weighted by Crippen LogP contribution is -2.35. The summed E-state index contributed by atoms with van der Waals surface area (Å²) in [7, 11) is 3.40. The van der Waals surface area contributed by atoms with Gasteiger partial charge in [0.25, 0.3) is 0 Å². The fourth-order valence-electron chi connectivity index (χ4n) is 2.40. The topological polar surface area (TPSA) is 49.9 Å². The number of thiophene rings is 1. The van der Waals surface area contributed by atoms with E-state index >= 15 is 0 Å². The first-order chi connectivity index (χ1) is 9.61. The zero-order valence-electron chi connectivity index (χ0n) is 11.9. The highest BCUT2D eigenvalue weighted by Crippen LogP contribution is 2.20. The van der Waals surface area contributed by atoms with Crippen LogP contribution in [0.25, 0.3) is 0 Å². The molecular formula is C14H20N2O3S. The van der Waals surface area contributed by atoms with Gasteiger partial charge in [-0.05, 0) is 22.4 Å². The Morgan fingerprint density at radius 2 is 2.40 bits per heavy atom. The first-order valence-corrected chi connectivity index (χ1v) is 7.59. The summed E-state index contributed by atoms with van der Waals surface area (Å²) >= 11 is 1.62. The molecule has 5 nitrogen and oxygen atoms in total. The van der Waals surface area contributed by atoms with E-state index in [1.54, 1.807) is 35.3 Å². The van der Waals surface area contributed by atoms with Crippen molar-refractivity contribution in [1.82, 2.24) is 9.80 Å². The lowest BCUT2D eigenvalue weighted by Gasteiger charge is -2.21. The van der Waals surface area contributed by atoms with Crippen LogP contribution in [0.15, 0.2) is 16.8 Å². The summed E-state index contributed by atoms with van der Waals surface area (Å²) in [6.45, 7) is 2.19. The molecule has 2 amide bonds. The van der Waals surface area contributed by atoms with Crippen molar-refractivity contribution in [3.05, 3.63) is 22.4 Å². The second kappa shape index (κ2) is 6.85. The Bertz CT molecular complexity index is 461. The maximum atomic E-state index is 12.4. The summed E-state index contributed by atoms with van der Waals surface area (Å²) in [6.07, 6.45) is 0.316. The molecule has 1 aromatic heterocycles. The zero-order chi connectivity index (χ0) is 14.5. The molecule has 0 N–H and O–H groups in total. The van der Waals surface area contributed by atoms with Gasteiger partial charge in [0.2, 0.25) is 11.8 Å². The molecule has 1 fully saturated rings. The van der Waals surface area contributed by atoms with Crippen molar-refractivity contribution in [1.29, 1.82) is 0 Å². The highest BCUT2D eigenvalue weighted by atomic mass is 32.1. The molecule has 20 heavy (non-hydrogen) atoms. The average Bonchev–Trinajstić information content (AvgIpc) is 3.05. The van der Waals surface area contributed by atoms with Gasteiger partial charge >= 0.3 is 0 Å². The molecule has 0 unspecified atom stereocenters. The molecule has 6 heteroatoms. The quantitative estimate of drug-likeness (QED) is 0.792. The number of rotatable bonds is 6. The molecule has 1 aliphatic rings. The van der Waals surface area contributed by atoms with Gasteiger partial charge in [-0.15, -0.1) is 0 Å². The van der Waals surface area contributed by atoms with Crippen LogP contribution in [-0.4, -0.2) is 55.5 Å². The predicted molar refractivity (Wildman–Crippen MR) is 77.4 cm³/mol. The van der Waals surface area contributed by atoms with Crippen molar-refractivity contribution < 1.29 is 14.3 Å². The van der Waals surface area contributed by atoms with Gasteiger partial charge in [0.15, 0.2) is 0 Å². The Morgan fingerprint density at radius 3 is 3.05 bits per heavy atom. The smallest absolute Gasteiger partial charge is 0.228 e. The lowest BCUT2D eigenvalue weighted by molar-refractivity contribution is -0.135. The Kier molecular flexibility index (Phi) is 5.14. The minimum atomic E-state index is -0.219. The third kappa shape index (κ3) is 3.58. The van der Waals surface area contributed by atoms with Crippen LogP contribution in [0, 0.1) is 5.92 Å². The molecule has 2 rings (SSSR count). The van der Waals surface area contributed by atoms with Crippen LogP contribution >= 0.6 is 11.3 Å². The lowest BCUT2D eigenvalue weighted by atomic mass is 10.1.